The summed E-state index contributed by atoms with van der Waals surface area (Å²) < 4.78 is 5.41. The van der Waals surface area contributed by atoms with E-state index in [0.29, 0.717) is 0 Å². The highest BCUT2D eigenvalue weighted by atomic mass is 16.5. The van der Waals surface area contributed by atoms with Crippen LogP contribution in [0.2, 0.25) is 0 Å². The quantitative estimate of drug-likeness (QED) is 0.606. The Balaban J connectivity index is 1.99. The lowest BCUT2D eigenvalue weighted by atomic mass is 10.1. The van der Waals surface area contributed by atoms with Crippen molar-refractivity contribution in [2.75, 3.05) is 33.2 Å². The molecule has 0 spiro atoms. The zero-order chi connectivity index (χ0) is 14.7. The van der Waals surface area contributed by atoms with E-state index in [1.54, 1.807) is 0 Å². The molecule has 1 aliphatic rings. The third-order valence-electron chi connectivity index (χ3n) is 3.62. The molecule has 1 fully saturated rings. The smallest absolute Gasteiger partial charge is 0.291 e. The SMILES string of the molecule is Cc1ccc(C(=N)OC(=N)N2CCN(C)CC2)c(C)c1. The number of aryl methyl sites for hydroxylation is 2. The largest absolute Gasteiger partial charge is 0.407 e. The highest BCUT2D eigenvalue weighted by molar-refractivity contribution is 5.99. The maximum atomic E-state index is 8.03. The molecule has 0 amide bonds. The Morgan fingerprint density at radius 3 is 2.35 bits per heavy atom. The Hall–Kier alpha value is -1.88. The molecular weight excluding hydrogens is 252 g/mol. The fourth-order valence-corrected chi connectivity index (χ4v) is 2.29. The molecule has 1 aliphatic heterocycles. The molecule has 108 valence electrons. The molecule has 0 atom stereocenters. The second-order valence-corrected chi connectivity index (χ2v) is 5.35. The maximum absolute atomic E-state index is 8.03. The van der Waals surface area contributed by atoms with Gasteiger partial charge < -0.3 is 14.5 Å². The summed E-state index contributed by atoms with van der Waals surface area (Å²) in [6.07, 6.45) is 0. The van der Waals surface area contributed by atoms with E-state index in [9.17, 15) is 0 Å². The number of benzene rings is 1. The van der Waals surface area contributed by atoms with Crippen LogP contribution in [0.25, 0.3) is 0 Å². The van der Waals surface area contributed by atoms with E-state index in [-0.39, 0.29) is 11.9 Å². The van der Waals surface area contributed by atoms with Crippen LogP contribution in [0.1, 0.15) is 16.7 Å². The first-order valence-electron chi connectivity index (χ1n) is 6.83. The van der Waals surface area contributed by atoms with Crippen molar-refractivity contribution in [2.45, 2.75) is 13.8 Å². The van der Waals surface area contributed by atoms with Crippen LogP contribution in [0.3, 0.4) is 0 Å². The average molecular weight is 274 g/mol. The van der Waals surface area contributed by atoms with Crippen LogP contribution in [0.4, 0.5) is 0 Å². The van der Waals surface area contributed by atoms with E-state index in [0.717, 1.165) is 42.9 Å². The van der Waals surface area contributed by atoms with Gasteiger partial charge in [0.2, 0.25) is 5.90 Å². The van der Waals surface area contributed by atoms with Crippen molar-refractivity contribution in [2.24, 2.45) is 0 Å². The summed E-state index contributed by atoms with van der Waals surface area (Å²) in [5.74, 6) is 0.0476. The summed E-state index contributed by atoms with van der Waals surface area (Å²) in [6.45, 7) is 7.36. The molecule has 0 aliphatic carbocycles. The first-order chi connectivity index (χ1) is 9.47. The van der Waals surface area contributed by atoms with Gasteiger partial charge in [0.1, 0.15) is 0 Å². The van der Waals surface area contributed by atoms with Gasteiger partial charge in [-0.15, -0.1) is 0 Å². The van der Waals surface area contributed by atoms with E-state index in [1.165, 1.54) is 0 Å². The number of nitrogens with zero attached hydrogens (tertiary/aromatic N) is 2. The summed E-state index contributed by atoms with van der Waals surface area (Å²) >= 11 is 0. The summed E-state index contributed by atoms with van der Waals surface area (Å²) in [6, 6.07) is 5.93. The van der Waals surface area contributed by atoms with E-state index in [4.69, 9.17) is 15.6 Å². The minimum Gasteiger partial charge on any atom is -0.407 e. The van der Waals surface area contributed by atoms with Gasteiger partial charge in [-0.2, -0.15) is 0 Å². The summed E-state index contributed by atoms with van der Waals surface area (Å²) in [5, 5.41) is 16.0. The molecule has 2 N–H and O–H groups in total. The van der Waals surface area contributed by atoms with Gasteiger partial charge in [-0.3, -0.25) is 10.8 Å². The van der Waals surface area contributed by atoms with Crippen LogP contribution in [0.5, 0.6) is 0 Å². The van der Waals surface area contributed by atoms with Gasteiger partial charge in [-0.1, -0.05) is 17.7 Å². The van der Waals surface area contributed by atoms with Crippen LogP contribution >= 0.6 is 0 Å². The highest BCUT2D eigenvalue weighted by Gasteiger charge is 2.19. The van der Waals surface area contributed by atoms with Gasteiger partial charge in [0, 0.05) is 31.7 Å². The normalized spacial score (nSPS) is 16.1. The number of likely N-dealkylation sites (N-methyl/N-ethyl adjacent to an activating group) is 1. The minimum absolute atomic E-state index is 0.0476. The molecule has 0 bridgehead atoms. The van der Waals surface area contributed by atoms with Crippen LogP contribution in [0, 0.1) is 24.7 Å². The monoisotopic (exact) mass is 274 g/mol. The lowest BCUT2D eigenvalue weighted by Gasteiger charge is -2.33. The van der Waals surface area contributed by atoms with Crippen LogP contribution in [0.15, 0.2) is 18.2 Å². The fourth-order valence-electron chi connectivity index (χ4n) is 2.29. The van der Waals surface area contributed by atoms with Crippen molar-refractivity contribution in [3.8, 4) is 0 Å². The highest BCUT2D eigenvalue weighted by Crippen LogP contribution is 2.12. The second-order valence-electron chi connectivity index (χ2n) is 5.35. The first-order valence-corrected chi connectivity index (χ1v) is 6.83. The van der Waals surface area contributed by atoms with Crippen molar-refractivity contribution in [3.63, 3.8) is 0 Å². The molecule has 1 saturated heterocycles. The zero-order valence-electron chi connectivity index (χ0n) is 12.4. The molecule has 5 heteroatoms. The number of piperazine rings is 1. The summed E-state index contributed by atoms with van der Waals surface area (Å²) in [5.41, 5.74) is 2.91. The predicted octanol–water partition coefficient (Wildman–Crippen LogP) is 1.83. The van der Waals surface area contributed by atoms with Gasteiger partial charge in [-0.25, -0.2) is 0 Å². The van der Waals surface area contributed by atoms with Gasteiger partial charge in [0.05, 0.1) is 0 Å². The first kappa shape index (κ1) is 14.5. The van der Waals surface area contributed by atoms with Gasteiger partial charge in [0.25, 0.3) is 6.02 Å². The topological polar surface area (TPSA) is 63.4 Å². The van der Waals surface area contributed by atoms with Gasteiger partial charge in [-0.05, 0) is 32.5 Å². The van der Waals surface area contributed by atoms with Crippen LogP contribution in [-0.2, 0) is 4.74 Å². The van der Waals surface area contributed by atoms with Crippen molar-refractivity contribution >= 4 is 11.9 Å². The Labute approximate surface area is 120 Å². The Kier molecular flexibility index (Phi) is 4.39. The van der Waals surface area contributed by atoms with Gasteiger partial charge in [0.15, 0.2) is 0 Å². The molecule has 1 aromatic carbocycles. The van der Waals surface area contributed by atoms with Gasteiger partial charge >= 0.3 is 0 Å². The maximum Gasteiger partial charge on any atom is 0.291 e. The molecule has 1 heterocycles. The van der Waals surface area contributed by atoms with Crippen LogP contribution < -0.4 is 0 Å². The number of ether oxygens (including phenoxy) is 1. The Morgan fingerprint density at radius 1 is 1.10 bits per heavy atom. The third-order valence-corrected chi connectivity index (χ3v) is 3.62. The number of hydrogen-bond donors (Lipinski definition) is 2. The Bertz CT molecular complexity index is 519. The minimum atomic E-state index is 0.0476. The zero-order valence-corrected chi connectivity index (χ0v) is 12.4. The predicted molar refractivity (Wildman–Crippen MR) is 80.6 cm³/mol. The molecule has 0 saturated carbocycles. The summed E-state index contributed by atoms with van der Waals surface area (Å²) in [7, 11) is 2.07. The second kappa shape index (κ2) is 6.05. The molecule has 0 unspecified atom stereocenters. The number of nitrogens with one attached hydrogen (secondary N) is 2. The van der Waals surface area contributed by atoms with E-state index in [2.05, 4.69) is 11.9 Å². The number of amidine groups is 1. The lowest BCUT2D eigenvalue weighted by Crippen LogP contribution is -2.48. The Morgan fingerprint density at radius 2 is 1.75 bits per heavy atom. The van der Waals surface area contributed by atoms with Crippen molar-refractivity contribution in [3.05, 3.63) is 34.9 Å². The number of rotatable bonds is 1. The number of hydrogen-bond acceptors (Lipinski definition) is 4. The van der Waals surface area contributed by atoms with Crippen molar-refractivity contribution < 1.29 is 4.74 Å². The van der Waals surface area contributed by atoms with Crippen molar-refractivity contribution in [1.82, 2.24) is 9.80 Å². The molecule has 0 radical (unpaired) electrons. The molecular formula is C15H22N4O. The lowest BCUT2D eigenvalue weighted by molar-refractivity contribution is 0.194. The summed E-state index contributed by atoms with van der Waals surface area (Å²) in [4.78, 5) is 4.09. The molecule has 20 heavy (non-hydrogen) atoms. The van der Waals surface area contributed by atoms with Crippen LogP contribution in [-0.4, -0.2) is 54.9 Å². The molecule has 0 aromatic heterocycles. The molecule has 2 rings (SSSR count). The van der Waals surface area contributed by atoms with E-state index < -0.39 is 0 Å². The van der Waals surface area contributed by atoms with E-state index in [1.807, 2.05) is 36.9 Å². The average Bonchev–Trinajstić information content (AvgIpc) is 2.39. The fraction of sp³-hybridized carbons (Fsp3) is 0.467. The van der Waals surface area contributed by atoms with Crippen molar-refractivity contribution in [1.29, 1.82) is 10.8 Å². The third kappa shape index (κ3) is 3.36. The molecule has 5 nitrogen and oxygen atoms in total. The molecule has 1 aromatic rings. The van der Waals surface area contributed by atoms with E-state index >= 15 is 0 Å². The standard InChI is InChI=1S/C15H22N4O/c1-11-4-5-13(12(2)10-11)14(16)20-15(17)19-8-6-18(3)7-9-19/h4-5,10,16-17H,6-9H2,1-3H3.